The fraction of sp³-hybridized carbons (Fsp3) is 0.632. The number of hydrogen-bond acceptors (Lipinski definition) is 4. The summed E-state index contributed by atoms with van der Waals surface area (Å²) in [7, 11) is 2.03. The van der Waals surface area contributed by atoms with E-state index in [1.807, 2.05) is 37.4 Å². The van der Waals surface area contributed by atoms with E-state index in [0.717, 1.165) is 45.2 Å². The van der Waals surface area contributed by atoms with Crippen molar-refractivity contribution in [2.45, 2.75) is 50.2 Å². The summed E-state index contributed by atoms with van der Waals surface area (Å²) in [6.07, 6.45) is 5.82. The molecule has 0 bridgehead atoms. The van der Waals surface area contributed by atoms with Crippen LogP contribution in [0.25, 0.3) is 0 Å². The van der Waals surface area contributed by atoms with E-state index < -0.39 is 11.6 Å². The summed E-state index contributed by atoms with van der Waals surface area (Å²) >= 11 is 0. The first-order chi connectivity index (χ1) is 11.1. The summed E-state index contributed by atoms with van der Waals surface area (Å²) in [4.78, 5) is 15.1. The number of carbonyl (C=O) groups is 1. The number of ether oxygens (including phenoxy) is 1. The van der Waals surface area contributed by atoms with Gasteiger partial charge in [-0.3, -0.25) is 0 Å². The van der Waals surface area contributed by atoms with Crippen LogP contribution in [0.5, 0.6) is 0 Å². The molecule has 0 aromatic heterocycles. The molecule has 2 atom stereocenters. The first-order valence-electron chi connectivity index (χ1n) is 8.78. The standard InChI is InChI=1S/C19H27NO3.ClH/c1-20-13-12-17(14-20)23-18(21)19(22,15-8-4-2-5-9-15)16-10-6-3-7-11-16;/h2,4-5,8-9,16-17,22H,3,6-7,10-14H2,1H3;1H. The van der Waals surface area contributed by atoms with Crippen molar-refractivity contribution in [1.82, 2.24) is 4.90 Å². The number of likely N-dealkylation sites (tertiary alicyclic amines) is 1. The average Bonchev–Trinajstić information content (AvgIpc) is 3.00. The van der Waals surface area contributed by atoms with Gasteiger partial charge < -0.3 is 27.2 Å². The van der Waals surface area contributed by atoms with Gasteiger partial charge in [-0.1, -0.05) is 49.6 Å². The van der Waals surface area contributed by atoms with Crippen LogP contribution in [0.3, 0.4) is 0 Å². The van der Waals surface area contributed by atoms with E-state index in [1.54, 1.807) is 0 Å². The Hall–Kier alpha value is -1.10. The lowest BCUT2D eigenvalue weighted by Crippen LogP contribution is -3.00. The summed E-state index contributed by atoms with van der Waals surface area (Å²) in [6, 6.07) is 9.34. The predicted molar refractivity (Wildman–Crippen MR) is 90.0 cm³/mol. The van der Waals surface area contributed by atoms with Gasteiger partial charge in [0.25, 0.3) is 0 Å². The molecule has 134 valence electrons. The molecule has 24 heavy (non-hydrogen) atoms. The third-order valence-electron chi connectivity index (χ3n) is 5.34. The van der Waals surface area contributed by atoms with Crippen molar-refractivity contribution < 1.29 is 28.5 Å². The quantitative estimate of drug-likeness (QED) is 0.763. The van der Waals surface area contributed by atoms with Crippen molar-refractivity contribution in [3.63, 3.8) is 0 Å². The van der Waals surface area contributed by atoms with Crippen LogP contribution in [0.1, 0.15) is 45.5 Å². The number of hydrogen-bond donors (Lipinski definition) is 1. The van der Waals surface area contributed by atoms with E-state index in [4.69, 9.17) is 4.74 Å². The van der Waals surface area contributed by atoms with Crippen molar-refractivity contribution in [2.75, 3.05) is 20.1 Å². The Morgan fingerprint density at radius 1 is 1.21 bits per heavy atom. The number of halogens is 1. The minimum Gasteiger partial charge on any atom is -1.00 e. The van der Waals surface area contributed by atoms with Gasteiger partial charge in [0.2, 0.25) is 0 Å². The summed E-state index contributed by atoms with van der Waals surface area (Å²) in [5, 5.41) is 11.4. The molecule has 4 nitrogen and oxygen atoms in total. The molecule has 1 aromatic carbocycles. The lowest BCUT2D eigenvalue weighted by Gasteiger charge is -2.37. The average molecular weight is 354 g/mol. The molecule has 2 aliphatic rings. The van der Waals surface area contributed by atoms with Crippen molar-refractivity contribution in [3.8, 4) is 0 Å². The maximum atomic E-state index is 12.9. The molecule has 1 aromatic rings. The highest BCUT2D eigenvalue weighted by molar-refractivity contribution is 5.81. The lowest BCUT2D eigenvalue weighted by atomic mass is 9.73. The largest absolute Gasteiger partial charge is 1.00 e. The van der Waals surface area contributed by atoms with Gasteiger partial charge in [-0.2, -0.15) is 0 Å². The molecule has 1 saturated carbocycles. The molecular weight excluding hydrogens is 326 g/mol. The zero-order chi connectivity index (χ0) is 16.3. The van der Waals surface area contributed by atoms with Crippen molar-refractivity contribution >= 4 is 5.97 Å². The highest BCUT2D eigenvalue weighted by atomic mass is 35.5. The number of benzene rings is 1. The number of carbonyl (C=O) groups excluding carboxylic acids is 1. The van der Waals surface area contributed by atoms with Gasteiger partial charge in [0.05, 0.1) is 0 Å². The van der Waals surface area contributed by atoms with Gasteiger partial charge in [-0.15, -0.1) is 0 Å². The molecular formula is C19H28ClNO3. The van der Waals surface area contributed by atoms with E-state index in [0.29, 0.717) is 5.56 Å². The van der Waals surface area contributed by atoms with Crippen molar-refractivity contribution in [3.05, 3.63) is 35.9 Å². The van der Waals surface area contributed by atoms with Crippen LogP contribution in [0, 0.1) is 5.92 Å². The van der Waals surface area contributed by atoms with Crippen LogP contribution >= 0.6 is 0 Å². The van der Waals surface area contributed by atoms with E-state index >= 15 is 0 Å². The molecule has 1 aliphatic heterocycles. The van der Waals surface area contributed by atoms with E-state index in [1.165, 1.54) is 6.42 Å². The third-order valence-corrected chi connectivity index (χ3v) is 5.34. The van der Waals surface area contributed by atoms with Gasteiger partial charge in [-0.25, -0.2) is 4.79 Å². The molecule has 0 amide bonds. The van der Waals surface area contributed by atoms with E-state index in [2.05, 4.69) is 4.90 Å². The normalized spacial score (nSPS) is 24.8. The molecule has 1 saturated heterocycles. The van der Waals surface area contributed by atoms with Gasteiger partial charge in [0, 0.05) is 19.0 Å². The fourth-order valence-corrected chi connectivity index (χ4v) is 3.96. The predicted octanol–water partition coefficient (Wildman–Crippen LogP) is -0.182. The number of aliphatic hydroxyl groups is 1. The highest BCUT2D eigenvalue weighted by Crippen LogP contribution is 2.40. The Morgan fingerprint density at radius 3 is 2.46 bits per heavy atom. The molecule has 3 rings (SSSR count). The van der Waals surface area contributed by atoms with Crippen molar-refractivity contribution in [2.24, 2.45) is 5.92 Å². The van der Waals surface area contributed by atoms with Crippen molar-refractivity contribution in [1.29, 1.82) is 0 Å². The maximum Gasteiger partial charge on any atom is 1.00 e. The van der Waals surface area contributed by atoms with Gasteiger partial charge in [0.1, 0.15) is 6.10 Å². The number of rotatable bonds is 4. The number of likely N-dealkylation sites (N-methyl/N-ethyl adjacent to an activating group) is 1. The van der Waals surface area contributed by atoms with E-state index in [9.17, 15) is 9.90 Å². The topological polar surface area (TPSA) is 49.8 Å². The molecule has 1 heterocycles. The SMILES string of the molecule is CN1CCC(OC(=O)C(O)(c2ccccc2)C2CCCCC2)C1.[Cl-].[H+]. The molecule has 1 N–H and O–H groups in total. The second-order valence-electron chi connectivity index (χ2n) is 7.05. The molecule has 0 radical (unpaired) electrons. The summed E-state index contributed by atoms with van der Waals surface area (Å²) in [5.74, 6) is -0.513. The Kier molecular flexibility index (Phi) is 6.67. The van der Waals surface area contributed by atoms with Gasteiger partial charge >= 0.3 is 7.40 Å². The minimum absolute atomic E-state index is 0. The number of esters is 1. The van der Waals surface area contributed by atoms with Crippen LogP contribution in [-0.4, -0.2) is 42.2 Å². The lowest BCUT2D eigenvalue weighted by molar-refractivity contribution is -0.180. The smallest absolute Gasteiger partial charge is 1.00 e. The molecule has 2 unspecified atom stereocenters. The first-order valence-corrected chi connectivity index (χ1v) is 8.78. The first kappa shape index (κ1) is 19.2. The molecule has 5 heteroatoms. The summed E-state index contributed by atoms with van der Waals surface area (Å²) in [5.41, 5.74) is -0.841. The minimum atomic E-state index is -1.51. The highest BCUT2D eigenvalue weighted by Gasteiger charge is 2.48. The van der Waals surface area contributed by atoms with Gasteiger partial charge in [-0.05, 0) is 31.9 Å². The van der Waals surface area contributed by atoms with Crippen LogP contribution in [0.2, 0.25) is 0 Å². The monoisotopic (exact) mass is 353 g/mol. The zero-order valence-corrected chi connectivity index (χ0v) is 15.0. The number of nitrogens with zero attached hydrogens (tertiary/aromatic N) is 1. The summed E-state index contributed by atoms with van der Waals surface area (Å²) < 4.78 is 5.72. The van der Waals surface area contributed by atoms with E-state index in [-0.39, 0.29) is 25.9 Å². The fourth-order valence-electron chi connectivity index (χ4n) is 3.96. The zero-order valence-electron chi connectivity index (χ0n) is 15.3. The van der Waals surface area contributed by atoms with Gasteiger partial charge in [0.15, 0.2) is 5.60 Å². The Morgan fingerprint density at radius 2 is 1.88 bits per heavy atom. The molecule has 1 aliphatic carbocycles. The van der Waals surface area contributed by atoms with Crippen LogP contribution < -0.4 is 12.4 Å². The Bertz CT molecular complexity index is 539. The second kappa shape index (κ2) is 8.32. The van der Waals surface area contributed by atoms with Crippen LogP contribution in [0.4, 0.5) is 0 Å². The Labute approximate surface area is 152 Å². The van der Waals surface area contributed by atoms with Crippen LogP contribution in [-0.2, 0) is 15.1 Å². The van der Waals surface area contributed by atoms with Crippen LogP contribution in [0.15, 0.2) is 30.3 Å². The Balaban J connectivity index is 0.00000156. The second-order valence-corrected chi connectivity index (χ2v) is 7.05. The molecule has 2 fully saturated rings. The molecule has 0 spiro atoms. The maximum absolute atomic E-state index is 12.9. The summed E-state index contributed by atoms with van der Waals surface area (Å²) in [6.45, 7) is 1.69. The third kappa shape index (κ3) is 3.93.